The zero-order valence-electron chi connectivity index (χ0n) is 14.4. The molecule has 0 radical (unpaired) electrons. The van der Waals surface area contributed by atoms with E-state index in [2.05, 4.69) is 4.98 Å². The molecule has 4 heteroatoms. The van der Waals surface area contributed by atoms with Gasteiger partial charge in [-0.1, -0.05) is 36.4 Å². The molecular formula is C22H18FN3. The largest absolute Gasteiger partial charge is 0.323 e. The monoisotopic (exact) mass is 343 g/mol. The Bertz CT molecular complexity index is 1060. The highest BCUT2D eigenvalue weighted by Gasteiger charge is 2.21. The van der Waals surface area contributed by atoms with Crippen LogP contribution in [0.15, 0.2) is 72.9 Å². The van der Waals surface area contributed by atoms with Gasteiger partial charge in [0.2, 0.25) is 0 Å². The van der Waals surface area contributed by atoms with Crippen LogP contribution in [0.2, 0.25) is 0 Å². The van der Waals surface area contributed by atoms with Gasteiger partial charge in [0.1, 0.15) is 5.82 Å². The lowest BCUT2D eigenvalue weighted by atomic mass is 9.90. The van der Waals surface area contributed by atoms with Crippen LogP contribution in [-0.2, 0) is 0 Å². The third-order valence-corrected chi connectivity index (χ3v) is 4.39. The Morgan fingerprint density at radius 3 is 2.38 bits per heavy atom. The smallest absolute Gasteiger partial charge is 0.123 e. The van der Waals surface area contributed by atoms with Crippen molar-refractivity contribution in [2.24, 2.45) is 5.73 Å². The molecule has 1 atom stereocenters. The predicted molar refractivity (Wildman–Crippen MR) is 103 cm³/mol. The topological polar surface area (TPSA) is 51.8 Å². The van der Waals surface area contributed by atoms with Gasteiger partial charge in [0.05, 0.1) is 16.9 Å². The first-order valence-electron chi connectivity index (χ1n) is 8.50. The molecule has 0 saturated heterocycles. The molecule has 0 saturated carbocycles. The van der Waals surface area contributed by atoms with E-state index in [1.807, 2.05) is 55.5 Å². The van der Waals surface area contributed by atoms with Gasteiger partial charge >= 0.3 is 0 Å². The summed E-state index contributed by atoms with van der Waals surface area (Å²) in [6.07, 6.45) is 1.74. The maximum atomic E-state index is 14.1. The molecule has 2 heterocycles. The Labute approximate surface area is 151 Å². The van der Waals surface area contributed by atoms with Crippen LogP contribution in [0, 0.1) is 5.82 Å². The SMILES string of the molecule is C[C@H](N)c1nc2ccc(F)cc2c(-c2ccccn2)c1-c1ccccc1. The van der Waals surface area contributed by atoms with Crippen molar-refractivity contribution in [3.05, 3.63) is 84.4 Å². The van der Waals surface area contributed by atoms with Crippen molar-refractivity contribution in [1.82, 2.24) is 9.97 Å². The lowest BCUT2D eigenvalue weighted by molar-refractivity contribution is 0.629. The van der Waals surface area contributed by atoms with Crippen LogP contribution in [0.5, 0.6) is 0 Å². The van der Waals surface area contributed by atoms with Crippen molar-refractivity contribution < 1.29 is 4.39 Å². The standard InChI is InChI=1S/C22H18FN3/c1-14(24)22-20(15-7-3-2-4-8-15)21(19-9-5-6-12-25-19)17-13-16(23)10-11-18(17)26-22/h2-14H,24H2,1H3/t14-/m0/s1. The zero-order chi connectivity index (χ0) is 18.1. The van der Waals surface area contributed by atoms with Gasteiger partial charge in [-0.2, -0.15) is 0 Å². The number of pyridine rings is 2. The van der Waals surface area contributed by atoms with E-state index >= 15 is 0 Å². The van der Waals surface area contributed by atoms with Gasteiger partial charge in [0.25, 0.3) is 0 Å². The Kier molecular flexibility index (Phi) is 4.19. The summed E-state index contributed by atoms with van der Waals surface area (Å²) in [5.41, 5.74) is 11.3. The average Bonchev–Trinajstić information content (AvgIpc) is 2.67. The van der Waals surface area contributed by atoms with E-state index < -0.39 is 0 Å². The van der Waals surface area contributed by atoms with Crippen LogP contribution in [-0.4, -0.2) is 9.97 Å². The van der Waals surface area contributed by atoms with Crippen molar-refractivity contribution >= 4 is 10.9 Å². The van der Waals surface area contributed by atoms with Crippen molar-refractivity contribution in [3.8, 4) is 22.4 Å². The van der Waals surface area contributed by atoms with E-state index in [1.165, 1.54) is 12.1 Å². The number of aromatic nitrogens is 2. The molecule has 0 bridgehead atoms. The molecule has 4 rings (SSSR count). The predicted octanol–water partition coefficient (Wildman–Crippen LogP) is 5.12. The second-order valence-corrected chi connectivity index (χ2v) is 6.28. The van der Waals surface area contributed by atoms with Crippen molar-refractivity contribution in [2.45, 2.75) is 13.0 Å². The number of benzene rings is 2. The Morgan fingerprint density at radius 2 is 1.69 bits per heavy atom. The molecule has 0 aliphatic heterocycles. The Morgan fingerprint density at radius 1 is 0.923 bits per heavy atom. The molecule has 0 fully saturated rings. The van der Waals surface area contributed by atoms with Crippen LogP contribution < -0.4 is 5.73 Å². The van der Waals surface area contributed by atoms with Crippen LogP contribution in [0.4, 0.5) is 4.39 Å². The van der Waals surface area contributed by atoms with Gasteiger partial charge in [-0.05, 0) is 42.8 Å². The molecule has 26 heavy (non-hydrogen) atoms. The average molecular weight is 343 g/mol. The summed E-state index contributed by atoms with van der Waals surface area (Å²) >= 11 is 0. The first kappa shape index (κ1) is 16.4. The highest BCUT2D eigenvalue weighted by Crippen LogP contribution is 2.40. The lowest BCUT2D eigenvalue weighted by Crippen LogP contribution is -2.11. The van der Waals surface area contributed by atoms with Gasteiger partial charge < -0.3 is 5.73 Å². The molecule has 2 N–H and O–H groups in total. The fourth-order valence-corrected chi connectivity index (χ4v) is 3.26. The number of fused-ring (bicyclic) bond motifs is 1. The molecule has 128 valence electrons. The Hall–Kier alpha value is -3.11. The fraction of sp³-hybridized carbons (Fsp3) is 0.0909. The van der Waals surface area contributed by atoms with Crippen LogP contribution >= 0.6 is 0 Å². The van der Waals surface area contributed by atoms with E-state index in [-0.39, 0.29) is 11.9 Å². The summed E-state index contributed by atoms with van der Waals surface area (Å²) in [4.78, 5) is 9.28. The maximum absolute atomic E-state index is 14.1. The van der Waals surface area contributed by atoms with Crippen LogP contribution in [0.1, 0.15) is 18.7 Å². The van der Waals surface area contributed by atoms with Crippen molar-refractivity contribution in [1.29, 1.82) is 0 Å². The van der Waals surface area contributed by atoms with E-state index in [1.54, 1.807) is 12.3 Å². The summed E-state index contributed by atoms with van der Waals surface area (Å²) in [6, 6.07) is 20.0. The van der Waals surface area contributed by atoms with E-state index in [0.29, 0.717) is 5.52 Å². The Balaban J connectivity index is 2.20. The second-order valence-electron chi connectivity index (χ2n) is 6.28. The molecule has 3 nitrogen and oxygen atoms in total. The van der Waals surface area contributed by atoms with E-state index in [4.69, 9.17) is 10.7 Å². The van der Waals surface area contributed by atoms with Crippen LogP contribution in [0.3, 0.4) is 0 Å². The highest BCUT2D eigenvalue weighted by molar-refractivity contribution is 6.02. The number of nitrogens with zero attached hydrogens (tertiary/aromatic N) is 2. The lowest BCUT2D eigenvalue weighted by Gasteiger charge is -2.19. The molecule has 4 aromatic rings. The highest BCUT2D eigenvalue weighted by atomic mass is 19.1. The number of nitrogens with two attached hydrogens (primary N) is 1. The third kappa shape index (κ3) is 2.85. The molecule has 2 aromatic heterocycles. The van der Waals surface area contributed by atoms with E-state index in [9.17, 15) is 4.39 Å². The van der Waals surface area contributed by atoms with E-state index in [0.717, 1.165) is 33.5 Å². The summed E-state index contributed by atoms with van der Waals surface area (Å²) in [5, 5.41) is 0.729. The molecular weight excluding hydrogens is 325 g/mol. The molecule has 0 aliphatic carbocycles. The molecule has 0 unspecified atom stereocenters. The minimum atomic E-state index is -0.302. The summed E-state index contributed by atoms with van der Waals surface area (Å²) in [6.45, 7) is 1.91. The first-order valence-corrected chi connectivity index (χ1v) is 8.50. The molecule has 0 amide bonds. The molecule has 2 aromatic carbocycles. The second kappa shape index (κ2) is 6.65. The number of hydrogen-bond acceptors (Lipinski definition) is 3. The third-order valence-electron chi connectivity index (χ3n) is 4.39. The van der Waals surface area contributed by atoms with Gasteiger partial charge in [-0.15, -0.1) is 0 Å². The summed E-state index contributed by atoms with van der Waals surface area (Å²) in [7, 11) is 0. The minimum absolute atomic E-state index is 0.276. The minimum Gasteiger partial charge on any atom is -0.323 e. The van der Waals surface area contributed by atoms with Gasteiger partial charge in [-0.3, -0.25) is 9.97 Å². The van der Waals surface area contributed by atoms with Gasteiger partial charge in [-0.25, -0.2) is 4.39 Å². The molecule has 0 spiro atoms. The van der Waals surface area contributed by atoms with Crippen LogP contribution in [0.25, 0.3) is 33.3 Å². The first-order chi connectivity index (χ1) is 12.6. The normalized spacial score (nSPS) is 12.3. The summed E-state index contributed by atoms with van der Waals surface area (Å²) in [5.74, 6) is -0.302. The van der Waals surface area contributed by atoms with Crippen molar-refractivity contribution in [3.63, 3.8) is 0 Å². The molecule has 0 aliphatic rings. The number of hydrogen-bond donors (Lipinski definition) is 1. The summed E-state index contributed by atoms with van der Waals surface area (Å²) < 4.78 is 14.1. The van der Waals surface area contributed by atoms with Gasteiger partial charge in [0.15, 0.2) is 0 Å². The maximum Gasteiger partial charge on any atom is 0.123 e. The quantitative estimate of drug-likeness (QED) is 0.561. The van der Waals surface area contributed by atoms with Crippen molar-refractivity contribution in [2.75, 3.05) is 0 Å². The fourth-order valence-electron chi connectivity index (χ4n) is 3.26. The van der Waals surface area contributed by atoms with Gasteiger partial charge in [0, 0.05) is 28.8 Å². The zero-order valence-corrected chi connectivity index (χ0v) is 14.4. The number of rotatable bonds is 3. The number of halogens is 1.